The predicted octanol–water partition coefficient (Wildman–Crippen LogP) is 3.37. The Labute approximate surface area is 125 Å². The number of hydrogen-bond donors (Lipinski definition) is 0. The minimum Gasteiger partial charge on any atom is -0.228 e. The van der Waals surface area contributed by atoms with Crippen molar-refractivity contribution in [2.75, 3.05) is 19.5 Å². The number of unbranched alkanes of at least 4 members (excludes halogenated alkanes) is 1. The van der Waals surface area contributed by atoms with Crippen molar-refractivity contribution in [3.63, 3.8) is 0 Å². The second-order valence-electron chi connectivity index (χ2n) is 5.52. The molecule has 0 aromatic carbocycles. The number of urea groups is 1. The summed E-state index contributed by atoms with van der Waals surface area (Å²) in [6, 6.07) is -0.811. The molecule has 0 aromatic rings. The van der Waals surface area contributed by atoms with E-state index in [0.29, 0.717) is 24.8 Å². The number of carbonyl (C=O) groups excluding carboxylic acids is 2. The van der Waals surface area contributed by atoms with Crippen molar-refractivity contribution in [1.82, 2.24) is 4.42 Å². The van der Waals surface area contributed by atoms with Gasteiger partial charge in [0.1, 0.15) is 0 Å². The van der Waals surface area contributed by atoms with E-state index in [1.165, 1.54) is 0 Å². The van der Waals surface area contributed by atoms with Crippen LogP contribution in [0, 0.1) is 5.92 Å². The zero-order valence-electron chi connectivity index (χ0n) is 11.9. The van der Waals surface area contributed by atoms with Crippen LogP contribution in [0.1, 0.15) is 39.5 Å². The van der Waals surface area contributed by atoms with Crippen LogP contribution in [-0.2, 0) is 4.79 Å². The van der Waals surface area contributed by atoms with Gasteiger partial charge in [-0.05, 0) is 25.7 Å². The van der Waals surface area contributed by atoms with E-state index in [2.05, 4.69) is 6.92 Å². The third kappa shape index (κ3) is 3.41. The van der Waals surface area contributed by atoms with Crippen LogP contribution in [0.2, 0.25) is 0 Å². The third-order valence-electron chi connectivity index (χ3n) is 3.88. The highest BCUT2D eigenvalue weighted by molar-refractivity contribution is 6.24. The third-order valence-corrected chi connectivity index (χ3v) is 4.53. The second-order valence-corrected chi connectivity index (χ2v) is 6.26. The van der Waals surface area contributed by atoms with Crippen LogP contribution >= 0.6 is 23.4 Å². The molecule has 1 aliphatic rings. The molecule has 4 nitrogen and oxygen atoms in total. The van der Waals surface area contributed by atoms with Gasteiger partial charge >= 0.3 is 11.9 Å². The zero-order valence-corrected chi connectivity index (χ0v) is 13.4. The molecule has 0 spiro atoms. The first-order chi connectivity index (χ1) is 8.88. The average Bonchev–Trinajstić information content (AvgIpc) is 2.54. The van der Waals surface area contributed by atoms with Crippen molar-refractivity contribution >= 4 is 35.3 Å². The molecular formula is C13H23Cl2N2O2+. The average molecular weight is 310 g/mol. The summed E-state index contributed by atoms with van der Waals surface area (Å²) in [7, 11) is 1.67. The van der Waals surface area contributed by atoms with Gasteiger partial charge in [-0.25, -0.2) is 9.59 Å². The fraction of sp³-hybridized carbons (Fsp3) is 0.846. The number of rotatable bonds is 7. The number of quaternary nitrogens is 1. The number of hydrogen-bond acceptors (Lipinski definition) is 2. The molecule has 3 amide bonds. The molecule has 0 bridgehead atoms. The Kier molecular flexibility index (Phi) is 6.09. The smallest absolute Gasteiger partial charge is 0.228 e. The first kappa shape index (κ1) is 16.7. The Balaban J connectivity index is 2.80. The molecule has 1 fully saturated rings. The van der Waals surface area contributed by atoms with E-state index in [0.717, 1.165) is 23.7 Å². The molecule has 110 valence electrons. The molecule has 1 heterocycles. The van der Waals surface area contributed by atoms with Crippen LogP contribution < -0.4 is 0 Å². The van der Waals surface area contributed by atoms with Crippen LogP contribution in [0.4, 0.5) is 4.79 Å². The van der Waals surface area contributed by atoms with E-state index in [1.807, 2.05) is 6.92 Å². The number of halogens is 2. The van der Waals surface area contributed by atoms with Crippen LogP contribution in [0.5, 0.6) is 0 Å². The van der Waals surface area contributed by atoms with Gasteiger partial charge in [0.15, 0.2) is 6.04 Å². The molecule has 3 atom stereocenters. The minimum absolute atomic E-state index is 0.0881. The molecule has 3 unspecified atom stereocenters. The molecular weight excluding hydrogens is 287 g/mol. The summed E-state index contributed by atoms with van der Waals surface area (Å²) in [6.07, 6.45) is 3.17. The SMILES string of the molecule is CCC(C)C[N+]1(C)C(=O)C(CCCCCl)N(Cl)C1=O. The zero-order chi connectivity index (χ0) is 14.6. The molecule has 1 rings (SSSR count). The second kappa shape index (κ2) is 6.91. The van der Waals surface area contributed by atoms with E-state index in [-0.39, 0.29) is 16.4 Å². The summed E-state index contributed by atoms with van der Waals surface area (Å²) >= 11 is 11.7. The molecule has 0 N–H and O–H groups in total. The van der Waals surface area contributed by atoms with Crippen molar-refractivity contribution in [1.29, 1.82) is 0 Å². The summed E-state index contributed by atoms with van der Waals surface area (Å²) in [5.74, 6) is 0.787. The van der Waals surface area contributed by atoms with Gasteiger partial charge in [0.2, 0.25) is 0 Å². The molecule has 1 saturated heterocycles. The fourth-order valence-electron chi connectivity index (χ4n) is 2.45. The van der Waals surface area contributed by atoms with Crippen LogP contribution in [0.25, 0.3) is 0 Å². The van der Waals surface area contributed by atoms with Gasteiger partial charge in [0.05, 0.1) is 13.6 Å². The van der Waals surface area contributed by atoms with Crippen molar-refractivity contribution in [3.8, 4) is 0 Å². The van der Waals surface area contributed by atoms with Gasteiger partial charge in [0.25, 0.3) is 0 Å². The predicted molar refractivity (Wildman–Crippen MR) is 77.0 cm³/mol. The number of alkyl halides is 1. The summed E-state index contributed by atoms with van der Waals surface area (Å²) in [4.78, 5) is 24.7. The lowest BCUT2D eigenvalue weighted by Gasteiger charge is -2.25. The van der Waals surface area contributed by atoms with E-state index >= 15 is 0 Å². The van der Waals surface area contributed by atoms with E-state index in [1.54, 1.807) is 7.05 Å². The highest BCUT2D eigenvalue weighted by atomic mass is 35.5. The summed E-state index contributed by atoms with van der Waals surface area (Å²) in [5.41, 5.74) is 0. The molecule has 6 heteroatoms. The highest BCUT2D eigenvalue weighted by Crippen LogP contribution is 2.30. The summed E-state index contributed by atoms with van der Waals surface area (Å²) < 4.78 is 0.892. The monoisotopic (exact) mass is 309 g/mol. The summed E-state index contributed by atoms with van der Waals surface area (Å²) in [6.45, 7) is 4.62. The van der Waals surface area contributed by atoms with Gasteiger partial charge in [0, 0.05) is 23.6 Å². The first-order valence-electron chi connectivity index (χ1n) is 6.83. The Morgan fingerprint density at radius 2 is 2.00 bits per heavy atom. The molecule has 19 heavy (non-hydrogen) atoms. The van der Waals surface area contributed by atoms with Gasteiger partial charge in [-0.3, -0.25) is 0 Å². The normalized spacial score (nSPS) is 29.1. The van der Waals surface area contributed by atoms with Gasteiger partial charge in [-0.2, -0.15) is 8.90 Å². The topological polar surface area (TPSA) is 37.4 Å². The van der Waals surface area contributed by atoms with Gasteiger partial charge < -0.3 is 0 Å². The lowest BCUT2D eigenvalue weighted by atomic mass is 10.1. The molecule has 1 aliphatic heterocycles. The molecule has 0 aromatic heterocycles. The van der Waals surface area contributed by atoms with E-state index in [4.69, 9.17) is 23.4 Å². The number of likely N-dealkylation sites (N-methyl/N-ethyl adjacent to an activating group) is 1. The lowest BCUT2D eigenvalue weighted by molar-refractivity contribution is -0.751. The van der Waals surface area contributed by atoms with Crippen LogP contribution in [-0.4, -0.2) is 46.4 Å². The minimum atomic E-state index is -0.508. The largest absolute Gasteiger partial charge is 0.441 e. The van der Waals surface area contributed by atoms with E-state index in [9.17, 15) is 9.59 Å². The van der Waals surface area contributed by atoms with Crippen molar-refractivity contribution in [3.05, 3.63) is 0 Å². The van der Waals surface area contributed by atoms with E-state index < -0.39 is 6.04 Å². The van der Waals surface area contributed by atoms with Crippen molar-refractivity contribution in [2.24, 2.45) is 5.92 Å². The quantitative estimate of drug-likeness (QED) is 0.238. The Morgan fingerprint density at radius 1 is 1.37 bits per heavy atom. The maximum atomic E-state index is 12.5. The van der Waals surface area contributed by atoms with Crippen molar-refractivity contribution in [2.45, 2.75) is 45.6 Å². The van der Waals surface area contributed by atoms with Gasteiger partial charge in [-0.1, -0.05) is 13.8 Å². The summed E-state index contributed by atoms with van der Waals surface area (Å²) in [5, 5.41) is 0. The number of nitrogens with zero attached hydrogens (tertiary/aromatic N) is 2. The Bertz CT molecular complexity index is 352. The Morgan fingerprint density at radius 3 is 2.53 bits per heavy atom. The lowest BCUT2D eigenvalue weighted by Crippen LogP contribution is -2.52. The van der Waals surface area contributed by atoms with Crippen LogP contribution in [0.3, 0.4) is 0 Å². The fourth-order valence-corrected chi connectivity index (χ4v) is 2.99. The van der Waals surface area contributed by atoms with Crippen LogP contribution in [0.15, 0.2) is 0 Å². The molecule has 0 radical (unpaired) electrons. The Hall–Kier alpha value is -0.320. The molecule has 0 aliphatic carbocycles. The van der Waals surface area contributed by atoms with Gasteiger partial charge in [-0.15, -0.1) is 11.6 Å². The maximum absolute atomic E-state index is 12.5. The maximum Gasteiger partial charge on any atom is 0.441 e. The number of imide groups is 1. The highest BCUT2D eigenvalue weighted by Gasteiger charge is 2.57. The standard InChI is InChI=1S/C13H23Cl2N2O2/c1-4-10(2)9-17(3)12(18)11(7-5-6-8-14)16(15)13(17)19/h10-11H,4-9H2,1-3H3/q+1. The number of carbonyl (C=O) groups is 2. The molecule has 0 saturated carbocycles. The first-order valence-corrected chi connectivity index (χ1v) is 7.71. The number of amides is 3. The van der Waals surface area contributed by atoms with Crippen molar-refractivity contribution < 1.29 is 14.1 Å².